The quantitative estimate of drug-likeness (QED) is 0.705. The molecule has 0 saturated carbocycles. The van der Waals surface area contributed by atoms with Crippen LogP contribution in [0.3, 0.4) is 0 Å². The van der Waals surface area contributed by atoms with Gasteiger partial charge in [-0.15, -0.1) is 0 Å². The van der Waals surface area contributed by atoms with Crippen LogP contribution >= 0.6 is 0 Å². The molecule has 0 N–H and O–H groups in total. The molecule has 4 rings (SSSR count). The Hall–Kier alpha value is -2.51. The van der Waals surface area contributed by atoms with E-state index in [-0.39, 0.29) is 17.9 Å². The Morgan fingerprint density at radius 3 is 2.57 bits per heavy atom. The highest BCUT2D eigenvalue weighted by Gasteiger charge is 2.34. The van der Waals surface area contributed by atoms with Crippen molar-refractivity contribution in [3.8, 4) is 5.75 Å². The number of ether oxygens (including phenoxy) is 1. The maximum absolute atomic E-state index is 13.1. The number of hydrogen-bond acceptors (Lipinski definition) is 4. The molecule has 2 aromatic carbocycles. The molecule has 0 aromatic heterocycles. The summed E-state index contributed by atoms with van der Waals surface area (Å²) in [5.41, 5.74) is 2.71. The lowest BCUT2D eigenvalue weighted by molar-refractivity contribution is -0.119. The number of anilines is 1. The highest BCUT2D eigenvalue weighted by molar-refractivity contribution is 7.90. The van der Waals surface area contributed by atoms with Gasteiger partial charge in [0.2, 0.25) is 5.91 Å². The monoisotopic (exact) mass is 426 g/mol. The minimum Gasteiger partial charge on any atom is -0.612 e. The standard InChI is InChI=1S/C23H26N2O4S/c1-29-21-15-18(30(2)28)8-9-19(21)23(27)24-13-11-17(12-14-24)25-20-6-4-3-5-16(20)7-10-22(25)26/h3-6,8-9,15,17H,7,10-14H2,1-2H3. The van der Waals surface area contributed by atoms with Crippen molar-refractivity contribution in [2.45, 2.75) is 36.6 Å². The van der Waals surface area contributed by atoms with Crippen molar-refractivity contribution in [3.05, 3.63) is 53.6 Å². The van der Waals surface area contributed by atoms with E-state index in [1.807, 2.05) is 28.0 Å². The zero-order chi connectivity index (χ0) is 21.3. The van der Waals surface area contributed by atoms with E-state index in [4.69, 9.17) is 4.74 Å². The van der Waals surface area contributed by atoms with Crippen molar-refractivity contribution in [2.24, 2.45) is 0 Å². The second-order valence-electron chi connectivity index (χ2n) is 7.73. The van der Waals surface area contributed by atoms with Crippen LogP contribution in [0.5, 0.6) is 5.75 Å². The Morgan fingerprint density at radius 2 is 1.87 bits per heavy atom. The number of nitrogens with zero attached hydrogens (tertiary/aromatic N) is 2. The summed E-state index contributed by atoms with van der Waals surface area (Å²) in [6.45, 7) is 1.17. The molecular formula is C23H26N2O4S. The van der Waals surface area contributed by atoms with Crippen molar-refractivity contribution in [1.29, 1.82) is 0 Å². The van der Waals surface area contributed by atoms with Gasteiger partial charge < -0.3 is 19.1 Å². The first-order valence-electron chi connectivity index (χ1n) is 10.2. The largest absolute Gasteiger partial charge is 0.612 e. The van der Waals surface area contributed by atoms with E-state index in [0.29, 0.717) is 35.7 Å². The van der Waals surface area contributed by atoms with Gasteiger partial charge >= 0.3 is 0 Å². The van der Waals surface area contributed by atoms with Crippen LogP contribution in [-0.4, -0.2) is 53.8 Å². The van der Waals surface area contributed by atoms with Crippen LogP contribution in [0, 0.1) is 0 Å². The van der Waals surface area contributed by atoms with Crippen LogP contribution in [-0.2, 0) is 22.4 Å². The summed E-state index contributed by atoms with van der Waals surface area (Å²) in [6, 6.07) is 13.3. The fourth-order valence-electron chi connectivity index (χ4n) is 4.38. The van der Waals surface area contributed by atoms with Crippen LogP contribution in [0.25, 0.3) is 0 Å². The number of benzene rings is 2. The average Bonchev–Trinajstić information content (AvgIpc) is 2.78. The number of amides is 2. The van der Waals surface area contributed by atoms with Crippen LogP contribution in [0.4, 0.5) is 5.69 Å². The molecule has 7 heteroatoms. The van der Waals surface area contributed by atoms with Gasteiger partial charge in [-0.25, -0.2) is 0 Å². The summed E-state index contributed by atoms with van der Waals surface area (Å²) in [6.07, 6.45) is 4.41. The number of likely N-dealkylation sites (tertiary alicyclic amines) is 1. The summed E-state index contributed by atoms with van der Waals surface area (Å²) >= 11 is -1.14. The molecule has 0 radical (unpaired) electrons. The summed E-state index contributed by atoms with van der Waals surface area (Å²) in [7, 11) is 1.51. The first-order valence-corrected chi connectivity index (χ1v) is 11.8. The van der Waals surface area contributed by atoms with Crippen molar-refractivity contribution in [1.82, 2.24) is 4.90 Å². The third kappa shape index (κ3) is 3.91. The Bertz CT molecular complexity index is 954. The zero-order valence-corrected chi connectivity index (χ0v) is 18.1. The molecule has 158 valence electrons. The van der Waals surface area contributed by atoms with Crippen LogP contribution in [0.1, 0.15) is 35.2 Å². The number of methoxy groups -OCH3 is 1. The molecule has 2 amide bonds. The maximum Gasteiger partial charge on any atom is 0.257 e. The van der Waals surface area contributed by atoms with Crippen molar-refractivity contribution >= 4 is 28.7 Å². The molecule has 1 saturated heterocycles. The number of carbonyl (C=O) groups excluding carboxylic acids is 2. The van der Waals surface area contributed by atoms with Crippen LogP contribution < -0.4 is 9.64 Å². The number of piperidine rings is 1. The van der Waals surface area contributed by atoms with Crippen LogP contribution in [0.2, 0.25) is 0 Å². The second-order valence-corrected chi connectivity index (χ2v) is 9.11. The molecule has 1 unspecified atom stereocenters. The molecule has 0 spiro atoms. The van der Waals surface area contributed by atoms with Gasteiger partial charge in [-0.2, -0.15) is 0 Å². The molecule has 0 bridgehead atoms. The Morgan fingerprint density at radius 1 is 1.13 bits per heavy atom. The topological polar surface area (TPSA) is 72.9 Å². The molecule has 2 aliphatic heterocycles. The molecule has 2 aromatic rings. The molecule has 2 aliphatic rings. The Balaban J connectivity index is 1.48. The fraction of sp³-hybridized carbons (Fsp3) is 0.391. The number of rotatable bonds is 4. The van der Waals surface area contributed by atoms with E-state index in [2.05, 4.69) is 6.07 Å². The SMILES string of the molecule is COc1cc([S+](C)[O-])ccc1C(=O)N1CCC(N2C(=O)CCc3ccccc32)CC1. The van der Waals surface area contributed by atoms with E-state index in [1.54, 1.807) is 24.5 Å². The van der Waals surface area contributed by atoms with Gasteiger partial charge in [0.1, 0.15) is 12.0 Å². The zero-order valence-electron chi connectivity index (χ0n) is 17.3. The fourth-order valence-corrected chi connectivity index (χ4v) is 4.91. The van der Waals surface area contributed by atoms with E-state index in [9.17, 15) is 14.1 Å². The lowest BCUT2D eigenvalue weighted by Crippen LogP contribution is -2.50. The van der Waals surface area contributed by atoms with Gasteiger partial charge in [0.25, 0.3) is 5.91 Å². The maximum atomic E-state index is 13.1. The average molecular weight is 427 g/mol. The minimum atomic E-state index is -1.14. The summed E-state index contributed by atoms with van der Waals surface area (Å²) in [5, 5.41) is 0. The molecule has 30 heavy (non-hydrogen) atoms. The predicted octanol–water partition coefficient (Wildman–Crippen LogP) is 3.02. The van der Waals surface area contributed by atoms with Gasteiger partial charge in [0.15, 0.2) is 4.90 Å². The number of para-hydroxylation sites is 1. The van der Waals surface area contributed by atoms with Gasteiger partial charge in [-0.1, -0.05) is 18.2 Å². The second kappa shape index (κ2) is 8.70. The lowest BCUT2D eigenvalue weighted by atomic mass is 9.95. The predicted molar refractivity (Wildman–Crippen MR) is 117 cm³/mol. The number of hydrogen-bond donors (Lipinski definition) is 0. The van der Waals surface area contributed by atoms with E-state index in [0.717, 1.165) is 24.9 Å². The van der Waals surface area contributed by atoms with Gasteiger partial charge in [0.05, 0.1) is 12.7 Å². The van der Waals surface area contributed by atoms with E-state index < -0.39 is 11.2 Å². The molecule has 2 heterocycles. The minimum absolute atomic E-state index is 0.0934. The molecular weight excluding hydrogens is 400 g/mol. The van der Waals surface area contributed by atoms with E-state index in [1.165, 1.54) is 12.7 Å². The number of carbonyl (C=O) groups is 2. The van der Waals surface area contributed by atoms with Crippen molar-refractivity contribution < 1.29 is 18.9 Å². The summed E-state index contributed by atoms with van der Waals surface area (Å²) in [4.78, 5) is 30.2. The van der Waals surface area contributed by atoms with Crippen molar-refractivity contribution in [3.63, 3.8) is 0 Å². The van der Waals surface area contributed by atoms with Crippen molar-refractivity contribution in [2.75, 3.05) is 31.4 Å². The van der Waals surface area contributed by atoms with E-state index >= 15 is 0 Å². The Labute approximate surface area is 180 Å². The summed E-state index contributed by atoms with van der Waals surface area (Å²) in [5.74, 6) is 0.516. The highest BCUT2D eigenvalue weighted by atomic mass is 32.2. The smallest absolute Gasteiger partial charge is 0.257 e. The molecule has 1 atom stereocenters. The first-order chi connectivity index (χ1) is 14.5. The van der Waals surface area contributed by atoms with Crippen LogP contribution in [0.15, 0.2) is 47.4 Å². The lowest BCUT2D eigenvalue weighted by Gasteiger charge is -2.41. The molecule has 0 aliphatic carbocycles. The van der Waals surface area contributed by atoms with Gasteiger partial charge in [-0.3, -0.25) is 9.59 Å². The third-order valence-electron chi connectivity index (χ3n) is 5.98. The molecule has 1 fully saturated rings. The normalized spacial score (nSPS) is 18.2. The van der Waals surface area contributed by atoms with Gasteiger partial charge in [0, 0.05) is 37.3 Å². The number of aryl methyl sites for hydroxylation is 1. The third-order valence-corrected chi connectivity index (χ3v) is 6.90. The molecule has 6 nitrogen and oxygen atoms in total. The first kappa shape index (κ1) is 20.8. The van der Waals surface area contributed by atoms with Gasteiger partial charge in [-0.05, 0) is 54.2 Å². The number of fused-ring (bicyclic) bond motifs is 1. The Kier molecular flexibility index (Phi) is 6.01. The highest BCUT2D eigenvalue weighted by Crippen LogP contribution is 2.33. The summed E-state index contributed by atoms with van der Waals surface area (Å²) < 4.78 is 17.1.